The lowest BCUT2D eigenvalue weighted by atomic mass is 10.1. The number of likely N-dealkylation sites (tertiary alicyclic amines) is 1. The average molecular weight is 280 g/mol. The first-order valence-corrected chi connectivity index (χ1v) is 7.05. The van der Waals surface area contributed by atoms with Crippen LogP contribution in [0.15, 0.2) is 22.8 Å². The van der Waals surface area contributed by atoms with Crippen LogP contribution in [0, 0.1) is 0 Å². The lowest BCUT2D eigenvalue weighted by molar-refractivity contribution is -0.182. The van der Waals surface area contributed by atoms with Gasteiger partial charge in [-0.1, -0.05) is 0 Å². The maximum Gasteiger partial charge on any atom is 0.318 e. The van der Waals surface area contributed by atoms with Gasteiger partial charge in [-0.15, -0.1) is 0 Å². The summed E-state index contributed by atoms with van der Waals surface area (Å²) in [7, 11) is 0. The molecule has 6 heteroatoms. The molecule has 2 aliphatic rings. The molecule has 0 unspecified atom stereocenters. The molecule has 2 saturated heterocycles. The Morgan fingerprint density at radius 1 is 1.45 bits per heavy atom. The number of piperidine rings is 1. The first kappa shape index (κ1) is 13.5. The van der Waals surface area contributed by atoms with E-state index >= 15 is 0 Å². The Hall–Kier alpha value is -1.53. The Morgan fingerprint density at radius 3 is 2.95 bits per heavy atom. The summed E-state index contributed by atoms with van der Waals surface area (Å²) in [5, 5.41) is 2.94. The third-order valence-electron chi connectivity index (χ3n) is 3.83. The highest BCUT2D eigenvalue weighted by Gasteiger charge is 2.42. The van der Waals surface area contributed by atoms with Crippen LogP contribution < -0.4 is 5.32 Å². The van der Waals surface area contributed by atoms with Gasteiger partial charge in [0.2, 0.25) is 0 Å². The Balaban J connectivity index is 1.59. The number of rotatable bonds is 2. The molecule has 1 N–H and O–H groups in total. The topological polar surface area (TPSA) is 63.9 Å². The Kier molecular flexibility index (Phi) is 3.67. The van der Waals surface area contributed by atoms with Crippen molar-refractivity contribution in [2.24, 2.45) is 0 Å². The van der Waals surface area contributed by atoms with Gasteiger partial charge in [0.05, 0.1) is 32.1 Å². The number of furan rings is 1. The number of nitrogens with one attached hydrogen (secondary N) is 1. The molecule has 0 aromatic carbocycles. The van der Waals surface area contributed by atoms with E-state index in [1.165, 1.54) is 0 Å². The molecule has 1 spiro atoms. The first-order chi connectivity index (χ1) is 9.69. The van der Waals surface area contributed by atoms with E-state index in [0.717, 1.165) is 25.1 Å². The predicted molar refractivity (Wildman–Crippen MR) is 71.1 cm³/mol. The van der Waals surface area contributed by atoms with Crippen LogP contribution in [0.5, 0.6) is 0 Å². The molecule has 0 saturated carbocycles. The van der Waals surface area contributed by atoms with E-state index in [-0.39, 0.29) is 12.1 Å². The minimum absolute atomic E-state index is 0.105. The van der Waals surface area contributed by atoms with Crippen molar-refractivity contribution in [2.45, 2.75) is 31.6 Å². The molecule has 0 aliphatic carbocycles. The molecule has 0 bridgehead atoms. The summed E-state index contributed by atoms with van der Waals surface area (Å²) < 4.78 is 16.6. The van der Waals surface area contributed by atoms with Gasteiger partial charge in [0.15, 0.2) is 5.79 Å². The number of urea groups is 1. The standard InChI is InChI=1S/C14H20N2O4/c1-11(12-4-2-7-18-12)15-13(17)16-6-3-5-14(10-16)19-8-9-20-14/h2,4,7,11H,3,5-6,8-10H2,1H3,(H,15,17)/t11-/m1/s1. The Bertz CT molecular complexity index is 454. The second-order valence-corrected chi connectivity index (χ2v) is 5.32. The molecule has 3 heterocycles. The molecule has 1 atom stereocenters. The normalized spacial score (nSPS) is 22.9. The molecule has 110 valence electrons. The maximum absolute atomic E-state index is 12.3. The fourth-order valence-electron chi connectivity index (χ4n) is 2.78. The zero-order valence-corrected chi connectivity index (χ0v) is 11.6. The molecule has 20 heavy (non-hydrogen) atoms. The SMILES string of the molecule is C[C@@H](NC(=O)N1CCCC2(C1)OCCO2)c1ccco1. The number of ether oxygens (including phenoxy) is 2. The zero-order chi connectivity index (χ0) is 14.0. The molecular formula is C14H20N2O4. The first-order valence-electron chi connectivity index (χ1n) is 7.05. The van der Waals surface area contributed by atoms with Crippen molar-refractivity contribution < 1.29 is 18.7 Å². The van der Waals surface area contributed by atoms with Crippen LogP contribution >= 0.6 is 0 Å². The van der Waals surface area contributed by atoms with E-state index in [1.807, 2.05) is 19.1 Å². The Morgan fingerprint density at radius 2 is 2.25 bits per heavy atom. The molecule has 1 aromatic heterocycles. The van der Waals surface area contributed by atoms with Crippen LogP contribution in [0.1, 0.15) is 31.6 Å². The van der Waals surface area contributed by atoms with Gasteiger partial charge >= 0.3 is 6.03 Å². The fourth-order valence-corrected chi connectivity index (χ4v) is 2.78. The number of carbonyl (C=O) groups is 1. The van der Waals surface area contributed by atoms with Crippen LogP contribution in [-0.2, 0) is 9.47 Å². The van der Waals surface area contributed by atoms with Gasteiger partial charge in [-0.25, -0.2) is 4.79 Å². The maximum atomic E-state index is 12.3. The molecule has 2 amide bonds. The van der Waals surface area contributed by atoms with E-state index in [9.17, 15) is 4.79 Å². The van der Waals surface area contributed by atoms with E-state index in [2.05, 4.69) is 5.32 Å². The molecule has 2 aliphatic heterocycles. The fraction of sp³-hybridized carbons (Fsp3) is 0.643. The van der Waals surface area contributed by atoms with Gasteiger partial charge < -0.3 is 24.1 Å². The van der Waals surface area contributed by atoms with Gasteiger partial charge in [-0.3, -0.25) is 0 Å². The highest BCUT2D eigenvalue weighted by atomic mass is 16.7. The summed E-state index contributed by atoms with van der Waals surface area (Å²) in [5.74, 6) is 0.169. The highest BCUT2D eigenvalue weighted by Crippen LogP contribution is 2.30. The second-order valence-electron chi connectivity index (χ2n) is 5.32. The number of carbonyl (C=O) groups excluding carboxylic acids is 1. The van der Waals surface area contributed by atoms with Crippen molar-refractivity contribution in [2.75, 3.05) is 26.3 Å². The predicted octanol–water partition coefficient (Wildman–Crippen LogP) is 1.89. The number of amides is 2. The van der Waals surface area contributed by atoms with Crippen LogP contribution in [-0.4, -0.2) is 43.0 Å². The third-order valence-corrected chi connectivity index (χ3v) is 3.83. The monoisotopic (exact) mass is 280 g/mol. The van der Waals surface area contributed by atoms with Crippen molar-refractivity contribution in [3.05, 3.63) is 24.2 Å². The summed E-state index contributed by atoms with van der Waals surface area (Å²) in [5.41, 5.74) is 0. The molecule has 0 radical (unpaired) electrons. The van der Waals surface area contributed by atoms with E-state index < -0.39 is 5.79 Å². The van der Waals surface area contributed by atoms with Crippen LogP contribution in [0.3, 0.4) is 0 Å². The summed E-state index contributed by atoms with van der Waals surface area (Å²) in [6.45, 7) is 4.34. The van der Waals surface area contributed by atoms with E-state index in [1.54, 1.807) is 11.2 Å². The van der Waals surface area contributed by atoms with Gasteiger partial charge in [-0.05, 0) is 25.5 Å². The molecule has 2 fully saturated rings. The smallest absolute Gasteiger partial charge is 0.318 e. The molecule has 1 aromatic rings. The summed E-state index contributed by atoms with van der Waals surface area (Å²) in [6.07, 6.45) is 3.35. The highest BCUT2D eigenvalue weighted by molar-refractivity contribution is 5.74. The third kappa shape index (κ3) is 2.66. The molecule has 6 nitrogen and oxygen atoms in total. The van der Waals surface area contributed by atoms with Gasteiger partial charge in [-0.2, -0.15) is 0 Å². The van der Waals surface area contributed by atoms with Crippen molar-refractivity contribution in [3.63, 3.8) is 0 Å². The van der Waals surface area contributed by atoms with E-state index in [0.29, 0.717) is 19.8 Å². The summed E-state index contributed by atoms with van der Waals surface area (Å²) in [6, 6.07) is 3.41. The van der Waals surface area contributed by atoms with Crippen LogP contribution in [0.4, 0.5) is 4.79 Å². The van der Waals surface area contributed by atoms with Gasteiger partial charge in [0.25, 0.3) is 0 Å². The molecular weight excluding hydrogens is 260 g/mol. The van der Waals surface area contributed by atoms with Crippen molar-refractivity contribution >= 4 is 6.03 Å². The quantitative estimate of drug-likeness (QED) is 0.898. The average Bonchev–Trinajstić information content (AvgIpc) is 3.11. The van der Waals surface area contributed by atoms with Crippen LogP contribution in [0.2, 0.25) is 0 Å². The largest absolute Gasteiger partial charge is 0.467 e. The lowest BCUT2D eigenvalue weighted by Gasteiger charge is -2.38. The number of hydrogen-bond acceptors (Lipinski definition) is 4. The minimum Gasteiger partial charge on any atom is -0.467 e. The second kappa shape index (κ2) is 5.46. The minimum atomic E-state index is -0.580. The molecule has 3 rings (SSSR count). The lowest BCUT2D eigenvalue weighted by Crippen LogP contribution is -2.53. The van der Waals surface area contributed by atoms with Crippen molar-refractivity contribution in [3.8, 4) is 0 Å². The number of nitrogens with zero attached hydrogens (tertiary/aromatic N) is 1. The number of hydrogen-bond donors (Lipinski definition) is 1. The van der Waals surface area contributed by atoms with Crippen molar-refractivity contribution in [1.29, 1.82) is 0 Å². The summed E-state index contributed by atoms with van der Waals surface area (Å²) >= 11 is 0. The van der Waals surface area contributed by atoms with Gasteiger partial charge in [0.1, 0.15) is 5.76 Å². The Labute approximate surface area is 118 Å². The van der Waals surface area contributed by atoms with Crippen LogP contribution in [0.25, 0.3) is 0 Å². The van der Waals surface area contributed by atoms with Gasteiger partial charge in [0, 0.05) is 13.0 Å². The van der Waals surface area contributed by atoms with Crippen molar-refractivity contribution in [1.82, 2.24) is 10.2 Å². The van der Waals surface area contributed by atoms with E-state index in [4.69, 9.17) is 13.9 Å². The zero-order valence-electron chi connectivity index (χ0n) is 11.6. The summed E-state index contributed by atoms with van der Waals surface area (Å²) in [4.78, 5) is 14.1.